The maximum absolute atomic E-state index is 10.6. The van der Waals surface area contributed by atoms with E-state index >= 15 is 0 Å². The number of aliphatic hydroxyl groups is 1. The van der Waals surface area contributed by atoms with E-state index in [2.05, 4.69) is 31.1 Å². The highest BCUT2D eigenvalue weighted by Crippen LogP contribution is 2.35. The number of aliphatic hydroxyl groups excluding tert-OH is 1. The summed E-state index contributed by atoms with van der Waals surface area (Å²) in [4.78, 5) is 2.23. The first kappa shape index (κ1) is 19.8. The summed E-state index contributed by atoms with van der Waals surface area (Å²) >= 11 is 6.02. The van der Waals surface area contributed by atoms with Crippen molar-refractivity contribution in [2.75, 3.05) is 20.6 Å². The number of benzene rings is 1. The summed E-state index contributed by atoms with van der Waals surface area (Å²) in [5.41, 5.74) is 1.30. The molecule has 0 amide bonds. The van der Waals surface area contributed by atoms with Gasteiger partial charge in [0.15, 0.2) is 0 Å². The minimum atomic E-state index is -0.175. The van der Waals surface area contributed by atoms with Crippen LogP contribution >= 0.6 is 24.0 Å². The Morgan fingerprint density at radius 2 is 1.68 bits per heavy atom. The van der Waals surface area contributed by atoms with Gasteiger partial charge in [0.1, 0.15) is 0 Å². The normalized spacial score (nSPS) is 24.2. The van der Waals surface area contributed by atoms with Crippen molar-refractivity contribution < 1.29 is 5.11 Å². The van der Waals surface area contributed by atoms with Crippen LogP contribution in [0.5, 0.6) is 0 Å². The Balaban J connectivity index is 0.00000242. The van der Waals surface area contributed by atoms with Crippen LogP contribution in [0.15, 0.2) is 24.3 Å². The van der Waals surface area contributed by atoms with Crippen LogP contribution in [0, 0.1) is 5.92 Å². The highest BCUT2D eigenvalue weighted by molar-refractivity contribution is 6.30. The van der Waals surface area contributed by atoms with E-state index in [4.69, 9.17) is 11.6 Å². The zero-order valence-electron chi connectivity index (χ0n) is 13.7. The van der Waals surface area contributed by atoms with E-state index in [-0.39, 0.29) is 18.5 Å². The fraction of sp³-hybridized carbons (Fsp3) is 0.667. The van der Waals surface area contributed by atoms with Crippen LogP contribution in [0.1, 0.15) is 50.0 Å². The van der Waals surface area contributed by atoms with Crippen LogP contribution < -0.4 is 0 Å². The zero-order valence-corrected chi connectivity index (χ0v) is 15.2. The van der Waals surface area contributed by atoms with Gasteiger partial charge in [-0.1, -0.05) is 49.4 Å². The Labute approximate surface area is 146 Å². The molecule has 1 aliphatic carbocycles. The molecule has 0 heterocycles. The largest absolute Gasteiger partial charge is 0.393 e. The lowest BCUT2D eigenvalue weighted by Crippen LogP contribution is -2.33. The molecule has 0 radical (unpaired) electrons. The lowest BCUT2D eigenvalue weighted by Gasteiger charge is -2.34. The van der Waals surface area contributed by atoms with Gasteiger partial charge in [-0.3, -0.25) is 0 Å². The van der Waals surface area contributed by atoms with Crippen molar-refractivity contribution in [1.29, 1.82) is 0 Å². The smallest absolute Gasteiger partial charge is 0.0574 e. The molecule has 2 unspecified atom stereocenters. The Morgan fingerprint density at radius 1 is 1.09 bits per heavy atom. The summed E-state index contributed by atoms with van der Waals surface area (Å²) in [5.74, 6) is 0.735. The zero-order chi connectivity index (χ0) is 15.2. The van der Waals surface area contributed by atoms with Crippen molar-refractivity contribution >= 4 is 24.0 Å². The van der Waals surface area contributed by atoms with Gasteiger partial charge in [-0.2, -0.15) is 0 Å². The number of rotatable bonds is 4. The average molecular weight is 346 g/mol. The molecule has 126 valence electrons. The quantitative estimate of drug-likeness (QED) is 0.851. The van der Waals surface area contributed by atoms with Crippen molar-refractivity contribution in [1.82, 2.24) is 4.90 Å². The van der Waals surface area contributed by atoms with Crippen molar-refractivity contribution in [3.05, 3.63) is 34.9 Å². The summed E-state index contributed by atoms with van der Waals surface area (Å²) in [7, 11) is 4.22. The number of nitrogens with zero attached hydrogens (tertiary/aromatic N) is 1. The van der Waals surface area contributed by atoms with E-state index in [1.54, 1.807) is 0 Å². The molecule has 0 aliphatic heterocycles. The standard InChI is InChI=1S/C18H28ClNO.ClH/c1-20(2)13-17(14-9-11-15(19)12-10-14)16-7-5-3-4-6-8-18(16)21;/h9-12,16-18,21H,3-8,13H2,1-2H3;1H/t16-,17?,18?;/m1./s1. The molecule has 1 N–H and O–H groups in total. The Bertz CT molecular complexity index is 422. The first-order valence-corrected chi connectivity index (χ1v) is 8.54. The summed E-state index contributed by atoms with van der Waals surface area (Å²) in [6, 6.07) is 8.19. The van der Waals surface area contributed by atoms with E-state index < -0.39 is 0 Å². The highest BCUT2D eigenvalue weighted by Gasteiger charge is 2.30. The van der Waals surface area contributed by atoms with Crippen LogP contribution in [0.2, 0.25) is 5.02 Å². The van der Waals surface area contributed by atoms with Gasteiger partial charge in [-0.25, -0.2) is 0 Å². The van der Waals surface area contributed by atoms with Crippen LogP contribution in [-0.2, 0) is 0 Å². The molecule has 2 rings (SSSR count). The van der Waals surface area contributed by atoms with Gasteiger partial charge in [0.25, 0.3) is 0 Å². The van der Waals surface area contributed by atoms with Crippen LogP contribution in [-0.4, -0.2) is 36.8 Å². The molecule has 2 nitrogen and oxygen atoms in total. The molecule has 4 heteroatoms. The summed E-state index contributed by atoms with van der Waals surface area (Å²) in [5, 5.41) is 11.4. The predicted octanol–water partition coefficient (Wildman–Crippen LogP) is 4.74. The second-order valence-electron chi connectivity index (χ2n) is 6.64. The SMILES string of the molecule is CN(C)CC(c1ccc(Cl)cc1)[C@H]1CCCCCCC1O.Cl. The fourth-order valence-electron chi connectivity index (χ4n) is 3.55. The van der Waals surface area contributed by atoms with Crippen molar-refractivity contribution in [2.45, 2.75) is 50.5 Å². The topological polar surface area (TPSA) is 23.5 Å². The molecule has 0 aromatic heterocycles. The molecular formula is C18H29Cl2NO. The summed E-state index contributed by atoms with van der Waals surface area (Å²) < 4.78 is 0. The van der Waals surface area contributed by atoms with Crippen LogP contribution in [0.4, 0.5) is 0 Å². The first-order chi connectivity index (χ1) is 10.1. The minimum Gasteiger partial charge on any atom is -0.393 e. The molecule has 1 aromatic rings. The molecule has 3 atom stereocenters. The third-order valence-electron chi connectivity index (χ3n) is 4.66. The van der Waals surface area contributed by atoms with Crippen LogP contribution in [0.25, 0.3) is 0 Å². The van der Waals surface area contributed by atoms with E-state index in [1.165, 1.54) is 24.8 Å². The Hall–Kier alpha value is -0.280. The molecule has 1 saturated carbocycles. The van der Waals surface area contributed by atoms with Gasteiger partial charge in [0.2, 0.25) is 0 Å². The van der Waals surface area contributed by atoms with E-state index in [0.717, 1.165) is 30.8 Å². The number of hydrogen-bond acceptors (Lipinski definition) is 2. The molecular weight excluding hydrogens is 317 g/mol. The van der Waals surface area contributed by atoms with E-state index in [1.807, 2.05) is 12.1 Å². The van der Waals surface area contributed by atoms with Crippen LogP contribution in [0.3, 0.4) is 0 Å². The predicted molar refractivity (Wildman–Crippen MR) is 97.2 cm³/mol. The number of halogens is 2. The van der Waals surface area contributed by atoms with Crippen molar-refractivity contribution in [3.8, 4) is 0 Å². The van der Waals surface area contributed by atoms with Gasteiger partial charge in [0, 0.05) is 17.5 Å². The highest BCUT2D eigenvalue weighted by atomic mass is 35.5. The van der Waals surface area contributed by atoms with E-state index in [0.29, 0.717) is 11.8 Å². The van der Waals surface area contributed by atoms with Gasteiger partial charge in [-0.15, -0.1) is 12.4 Å². The second kappa shape index (κ2) is 9.77. The summed E-state index contributed by atoms with van der Waals surface area (Å²) in [6.07, 6.45) is 6.86. The lowest BCUT2D eigenvalue weighted by atomic mass is 9.76. The second-order valence-corrected chi connectivity index (χ2v) is 7.08. The lowest BCUT2D eigenvalue weighted by molar-refractivity contribution is 0.0626. The van der Waals surface area contributed by atoms with Gasteiger partial charge in [-0.05, 0) is 50.6 Å². The third-order valence-corrected chi connectivity index (χ3v) is 4.91. The molecule has 0 saturated heterocycles. The minimum absolute atomic E-state index is 0. The monoisotopic (exact) mass is 345 g/mol. The maximum atomic E-state index is 10.6. The van der Waals surface area contributed by atoms with Gasteiger partial charge >= 0.3 is 0 Å². The maximum Gasteiger partial charge on any atom is 0.0574 e. The fourth-order valence-corrected chi connectivity index (χ4v) is 3.68. The van der Waals surface area contributed by atoms with Gasteiger partial charge < -0.3 is 10.0 Å². The van der Waals surface area contributed by atoms with E-state index in [9.17, 15) is 5.11 Å². The van der Waals surface area contributed by atoms with Crippen molar-refractivity contribution in [2.24, 2.45) is 5.92 Å². The van der Waals surface area contributed by atoms with Crippen molar-refractivity contribution in [3.63, 3.8) is 0 Å². The molecule has 0 bridgehead atoms. The molecule has 1 aromatic carbocycles. The third kappa shape index (κ3) is 5.73. The Kier molecular flexibility index (Phi) is 8.78. The average Bonchev–Trinajstić information content (AvgIpc) is 2.42. The Morgan fingerprint density at radius 3 is 2.27 bits per heavy atom. The number of hydrogen-bond donors (Lipinski definition) is 1. The first-order valence-electron chi connectivity index (χ1n) is 8.16. The van der Waals surface area contributed by atoms with Gasteiger partial charge in [0.05, 0.1) is 6.10 Å². The molecule has 22 heavy (non-hydrogen) atoms. The number of likely N-dealkylation sites (N-methyl/N-ethyl adjacent to an activating group) is 1. The summed E-state index contributed by atoms with van der Waals surface area (Å²) in [6.45, 7) is 0.976. The molecule has 1 aliphatic rings. The molecule has 0 spiro atoms. The molecule has 1 fully saturated rings.